The Labute approximate surface area is 154 Å². The lowest BCUT2D eigenvalue weighted by atomic mass is 10.1. The standard InChI is InChI=1S/C18H26N4O3S/c1-13-14(5-4-6-16(13)21-8-2-3-9-21)20-18(23)22-10-7-19-15-11-26(24,25)12-17(15)22/h4-6,15,17,19H,2-3,7-12H2,1H3,(H,20,23)/t15-,17+/m1/s1. The SMILES string of the molecule is Cc1c(NC(=O)N2CCN[C@@H]3CS(=O)(=O)C[C@@H]32)cccc1N1CCCC1. The van der Waals surface area contributed by atoms with Crippen LogP contribution in [0, 0.1) is 6.92 Å². The molecule has 2 amide bonds. The zero-order valence-electron chi connectivity index (χ0n) is 15.1. The van der Waals surface area contributed by atoms with Crippen molar-refractivity contribution in [3.63, 3.8) is 0 Å². The lowest BCUT2D eigenvalue weighted by molar-refractivity contribution is 0.163. The van der Waals surface area contributed by atoms with Gasteiger partial charge in [-0.25, -0.2) is 13.2 Å². The van der Waals surface area contributed by atoms with Crippen LogP contribution in [0.2, 0.25) is 0 Å². The molecule has 0 spiro atoms. The number of hydrogen-bond acceptors (Lipinski definition) is 5. The van der Waals surface area contributed by atoms with Crippen molar-refractivity contribution in [1.29, 1.82) is 0 Å². The number of rotatable bonds is 2. The largest absolute Gasteiger partial charge is 0.371 e. The number of amides is 2. The predicted molar refractivity (Wildman–Crippen MR) is 103 cm³/mol. The van der Waals surface area contributed by atoms with E-state index >= 15 is 0 Å². The number of sulfone groups is 1. The third-order valence-corrected chi connectivity index (χ3v) is 7.45. The summed E-state index contributed by atoms with van der Waals surface area (Å²) in [5.74, 6) is 0.163. The molecule has 2 N–H and O–H groups in total. The number of benzene rings is 1. The summed E-state index contributed by atoms with van der Waals surface area (Å²) in [4.78, 5) is 16.9. The van der Waals surface area contributed by atoms with Gasteiger partial charge in [-0.15, -0.1) is 0 Å². The van der Waals surface area contributed by atoms with Gasteiger partial charge in [-0.2, -0.15) is 0 Å². The van der Waals surface area contributed by atoms with E-state index in [0.717, 1.165) is 24.3 Å². The molecule has 3 heterocycles. The molecule has 0 saturated carbocycles. The first-order valence-electron chi connectivity index (χ1n) is 9.30. The maximum atomic E-state index is 12.9. The second kappa shape index (κ2) is 6.74. The van der Waals surface area contributed by atoms with Gasteiger partial charge in [-0.05, 0) is 37.5 Å². The van der Waals surface area contributed by atoms with Crippen LogP contribution in [-0.2, 0) is 9.84 Å². The highest BCUT2D eigenvalue weighted by molar-refractivity contribution is 7.91. The fraction of sp³-hybridized carbons (Fsp3) is 0.611. The average Bonchev–Trinajstić information content (AvgIpc) is 3.22. The molecular formula is C18H26N4O3S. The van der Waals surface area contributed by atoms with Crippen molar-refractivity contribution < 1.29 is 13.2 Å². The summed E-state index contributed by atoms with van der Waals surface area (Å²) >= 11 is 0. The van der Waals surface area contributed by atoms with Crippen LogP contribution in [0.15, 0.2) is 18.2 Å². The van der Waals surface area contributed by atoms with Gasteiger partial charge in [0.15, 0.2) is 9.84 Å². The molecule has 0 radical (unpaired) electrons. The van der Waals surface area contributed by atoms with Crippen molar-refractivity contribution in [2.24, 2.45) is 0 Å². The Kier molecular flexibility index (Phi) is 4.56. The van der Waals surface area contributed by atoms with Crippen molar-refractivity contribution >= 4 is 27.2 Å². The summed E-state index contributed by atoms with van der Waals surface area (Å²) in [5, 5.41) is 6.26. The maximum absolute atomic E-state index is 12.9. The molecule has 3 aliphatic heterocycles. The van der Waals surface area contributed by atoms with Crippen LogP contribution in [-0.4, -0.2) is 69.1 Å². The van der Waals surface area contributed by atoms with Crippen LogP contribution in [0.25, 0.3) is 0 Å². The molecule has 0 aliphatic carbocycles. The summed E-state index contributed by atoms with van der Waals surface area (Å²) < 4.78 is 23.9. The number of carbonyl (C=O) groups excluding carboxylic acids is 1. The number of nitrogens with one attached hydrogen (secondary N) is 2. The van der Waals surface area contributed by atoms with E-state index in [9.17, 15) is 13.2 Å². The minimum atomic E-state index is -3.08. The number of fused-ring (bicyclic) bond motifs is 1. The minimum Gasteiger partial charge on any atom is -0.371 e. The smallest absolute Gasteiger partial charge is 0.322 e. The monoisotopic (exact) mass is 378 g/mol. The fourth-order valence-corrected chi connectivity index (χ4v) is 6.32. The molecule has 1 aromatic rings. The summed E-state index contributed by atoms with van der Waals surface area (Å²) in [7, 11) is -3.08. The zero-order valence-corrected chi connectivity index (χ0v) is 15.9. The Morgan fingerprint density at radius 3 is 2.73 bits per heavy atom. The molecule has 0 unspecified atom stereocenters. The molecule has 8 heteroatoms. The Bertz CT molecular complexity index is 805. The average molecular weight is 378 g/mol. The van der Waals surface area contributed by atoms with Crippen LogP contribution in [0.3, 0.4) is 0 Å². The minimum absolute atomic E-state index is 0.0465. The van der Waals surface area contributed by atoms with Gasteiger partial charge in [0, 0.05) is 43.6 Å². The molecule has 0 bridgehead atoms. The Morgan fingerprint density at radius 1 is 1.19 bits per heavy atom. The third-order valence-electron chi connectivity index (χ3n) is 5.74. The Balaban J connectivity index is 1.52. The van der Waals surface area contributed by atoms with Crippen molar-refractivity contribution in [1.82, 2.24) is 10.2 Å². The number of anilines is 2. The van der Waals surface area contributed by atoms with Gasteiger partial charge in [0.05, 0.1) is 17.5 Å². The fourth-order valence-electron chi connectivity index (χ4n) is 4.37. The third kappa shape index (κ3) is 3.27. The molecule has 0 aromatic heterocycles. The number of carbonyl (C=O) groups is 1. The van der Waals surface area contributed by atoms with Gasteiger partial charge < -0.3 is 20.4 Å². The number of nitrogens with zero attached hydrogens (tertiary/aromatic N) is 2. The number of piperazine rings is 1. The molecule has 2 atom stereocenters. The highest BCUT2D eigenvalue weighted by atomic mass is 32.2. The number of hydrogen-bond donors (Lipinski definition) is 2. The van der Waals surface area contributed by atoms with Crippen LogP contribution < -0.4 is 15.5 Å². The van der Waals surface area contributed by atoms with Crippen LogP contribution in [0.5, 0.6) is 0 Å². The molecule has 3 fully saturated rings. The van der Waals surface area contributed by atoms with E-state index in [2.05, 4.69) is 21.6 Å². The topological polar surface area (TPSA) is 81.8 Å². The van der Waals surface area contributed by atoms with Crippen molar-refractivity contribution in [2.45, 2.75) is 31.8 Å². The highest BCUT2D eigenvalue weighted by Crippen LogP contribution is 2.30. The molecule has 142 valence electrons. The molecule has 1 aromatic carbocycles. The summed E-state index contributed by atoms with van der Waals surface area (Å²) in [6.07, 6.45) is 2.41. The van der Waals surface area contributed by atoms with Gasteiger partial charge in [-0.1, -0.05) is 6.07 Å². The zero-order chi connectivity index (χ0) is 18.3. The second-order valence-corrected chi connectivity index (χ2v) is 9.63. The van der Waals surface area contributed by atoms with E-state index in [1.165, 1.54) is 18.5 Å². The van der Waals surface area contributed by atoms with Gasteiger partial charge in [0.25, 0.3) is 0 Å². The molecule has 3 saturated heterocycles. The lowest BCUT2D eigenvalue weighted by Gasteiger charge is -2.37. The molecule has 4 rings (SSSR count). The van der Waals surface area contributed by atoms with E-state index in [1.54, 1.807) is 4.90 Å². The molecule has 3 aliphatic rings. The van der Waals surface area contributed by atoms with E-state index in [1.807, 2.05) is 19.1 Å². The first-order valence-corrected chi connectivity index (χ1v) is 11.1. The normalized spacial score (nSPS) is 27.4. The molecule has 7 nitrogen and oxygen atoms in total. The quantitative estimate of drug-likeness (QED) is 0.808. The van der Waals surface area contributed by atoms with Gasteiger partial charge in [0.1, 0.15) is 0 Å². The maximum Gasteiger partial charge on any atom is 0.322 e. The second-order valence-electron chi connectivity index (χ2n) is 7.47. The lowest BCUT2D eigenvalue weighted by Crippen LogP contribution is -2.59. The van der Waals surface area contributed by atoms with Crippen LogP contribution >= 0.6 is 0 Å². The summed E-state index contributed by atoms with van der Waals surface area (Å²) in [6.45, 7) is 5.28. The van der Waals surface area contributed by atoms with Gasteiger partial charge >= 0.3 is 6.03 Å². The van der Waals surface area contributed by atoms with E-state index in [0.29, 0.717) is 13.1 Å². The van der Waals surface area contributed by atoms with E-state index < -0.39 is 9.84 Å². The van der Waals surface area contributed by atoms with Gasteiger partial charge in [0.2, 0.25) is 0 Å². The highest BCUT2D eigenvalue weighted by Gasteiger charge is 2.44. The van der Waals surface area contributed by atoms with Crippen LogP contribution in [0.4, 0.5) is 16.2 Å². The van der Waals surface area contributed by atoms with Crippen LogP contribution in [0.1, 0.15) is 18.4 Å². The first-order chi connectivity index (χ1) is 12.4. The summed E-state index contributed by atoms with van der Waals surface area (Å²) in [6, 6.07) is 5.34. The first kappa shape index (κ1) is 17.6. The Morgan fingerprint density at radius 2 is 1.96 bits per heavy atom. The number of urea groups is 1. The van der Waals surface area contributed by atoms with Crippen molar-refractivity contribution in [3.05, 3.63) is 23.8 Å². The molecular weight excluding hydrogens is 352 g/mol. The van der Waals surface area contributed by atoms with Crippen molar-refractivity contribution in [2.75, 3.05) is 47.9 Å². The Hall–Kier alpha value is -1.80. The predicted octanol–water partition coefficient (Wildman–Crippen LogP) is 1.20. The van der Waals surface area contributed by atoms with E-state index in [4.69, 9.17) is 0 Å². The summed E-state index contributed by atoms with van der Waals surface area (Å²) in [5.41, 5.74) is 3.03. The van der Waals surface area contributed by atoms with Crippen molar-refractivity contribution in [3.8, 4) is 0 Å². The molecule has 26 heavy (non-hydrogen) atoms. The van der Waals surface area contributed by atoms with E-state index in [-0.39, 0.29) is 29.6 Å². The van der Waals surface area contributed by atoms with Gasteiger partial charge in [-0.3, -0.25) is 0 Å².